The predicted octanol–water partition coefficient (Wildman–Crippen LogP) is 1.19. The Kier molecular flexibility index (Phi) is 6.75. The first-order valence-corrected chi connectivity index (χ1v) is 8.59. The van der Waals surface area contributed by atoms with E-state index < -0.39 is 0 Å². The molecule has 0 radical (unpaired) electrons. The van der Waals surface area contributed by atoms with Crippen LogP contribution in [-0.4, -0.2) is 48.4 Å². The van der Waals surface area contributed by atoms with Crippen LogP contribution in [0, 0.1) is 5.92 Å². The van der Waals surface area contributed by atoms with Crippen molar-refractivity contribution in [2.24, 2.45) is 11.7 Å². The van der Waals surface area contributed by atoms with Gasteiger partial charge in [0.2, 0.25) is 11.8 Å². The number of rotatable bonds is 6. The highest BCUT2D eigenvalue weighted by Gasteiger charge is 2.24. The van der Waals surface area contributed by atoms with Gasteiger partial charge in [-0.3, -0.25) is 14.5 Å². The maximum absolute atomic E-state index is 12.1. The van der Waals surface area contributed by atoms with Crippen LogP contribution >= 0.6 is 0 Å². The zero-order valence-corrected chi connectivity index (χ0v) is 14.5. The second-order valence-corrected chi connectivity index (χ2v) is 6.62. The van der Waals surface area contributed by atoms with Crippen LogP contribution in [0.15, 0.2) is 30.3 Å². The number of hydrogen-bond acceptors (Lipinski definition) is 4. The maximum atomic E-state index is 12.1. The lowest BCUT2D eigenvalue weighted by molar-refractivity contribution is -0.126. The molecule has 1 saturated heterocycles. The lowest BCUT2D eigenvalue weighted by Gasteiger charge is -2.32. The number of amides is 2. The van der Waals surface area contributed by atoms with Crippen molar-refractivity contribution in [2.45, 2.75) is 38.8 Å². The highest BCUT2D eigenvalue weighted by molar-refractivity contribution is 5.92. The summed E-state index contributed by atoms with van der Waals surface area (Å²) in [4.78, 5) is 26.2. The van der Waals surface area contributed by atoms with Gasteiger partial charge in [0.25, 0.3) is 0 Å². The third-order valence-corrected chi connectivity index (χ3v) is 4.56. The van der Waals surface area contributed by atoms with Gasteiger partial charge >= 0.3 is 0 Å². The Labute approximate surface area is 143 Å². The maximum Gasteiger partial charge on any atom is 0.238 e. The Hall–Kier alpha value is -1.92. The molecule has 1 aromatic rings. The summed E-state index contributed by atoms with van der Waals surface area (Å²) >= 11 is 0. The number of carbonyl (C=O) groups excluding carboxylic acids is 2. The second kappa shape index (κ2) is 8.80. The van der Waals surface area contributed by atoms with Crippen LogP contribution in [-0.2, 0) is 9.59 Å². The molecule has 2 atom stereocenters. The van der Waals surface area contributed by atoms with Crippen molar-refractivity contribution in [3.63, 3.8) is 0 Å². The van der Waals surface area contributed by atoms with Crippen molar-refractivity contribution in [3.8, 4) is 0 Å². The van der Waals surface area contributed by atoms with Gasteiger partial charge in [-0.15, -0.1) is 0 Å². The molecule has 1 aliphatic heterocycles. The molecule has 2 rings (SSSR count). The quantitative estimate of drug-likeness (QED) is 0.730. The average Bonchev–Trinajstić information content (AvgIpc) is 2.56. The zero-order valence-electron chi connectivity index (χ0n) is 14.5. The summed E-state index contributed by atoms with van der Waals surface area (Å²) < 4.78 is 0. The van der Waals surface area contributed by atoms with Gasteiger partial charge in [0.15, 0.2) is 0 Å². The van der Waals surface area contributed by atoms with Crippen LogP contribution in [0.5, 0.6) is 0 Å². The molecule has 2 unspecified atom stereocenters. The molecule has 4 N–H and O–H groups in total. The van der Waals surface area contributed by atoms with Crippen LogP contribution in [0.25, 0.3) is 0 Å². The number of para-hydroxylation sites is 1. The Bertz CT molecular complexity index is 539. The van der Waals surface area contributed by atoms with Crippen LogP contribution in [0.3, 0.4) is 0 Å². The van der Waals surface area contributed by atoms with Crippen LogP contribution in [0.2, 0.25) is 0 Å². The van der Waals surface area contributed by atoms with Crippen LogP contribution in [0.1, 0.15) is 26.7 Å². The van der Waals surface area contributed by atoms with E-state index in [0.29, 0.717) is 6.54 Å². The topological polar surface area (TPSA) is 87.5 Å². The molecule has 1 aliphatic rings. The molecule has 132 valence electrons. The minimum atomic E-state index is -0.181. The van der Waals surface area contributed by atoms with E-state index in [9.17, 15) is 9.59 Å². The summed E-state index contributed by atoms with van der Waals surface area (Å²) in [6, 6.07) is 9.48. The molecule has 6 heteroatoms. The average molecular weight is 332 g/mol. The van der Waals surface area contributed by atoms with Gasteiger partial charge in [0.1, 0.15) is 0 Å². The second-order valence-electron chi connectivity index (χ2n) is 6.62. The predicted molar refractivity (Wildman–Crippen MR) is 95.5 cm³/mol. The first kappa shape index (κ1) is 18.4. The number of anilines is 1. The minimum Gasteiger partial charge on any atom is -0.353 e. The molecule has 0 aromatic heterocycles. The summed E-state index contributed by atoms with van der Waals surface area (Å²) in [6.45, 7) is 5.69. The number of benzene rings is 1. The van der Waals surface area contributed by atoms with Crippen molar-refractivity contribution in [1.29, 1.82) is 0 Å². The molecule has 24 heavy (non-hydrogen) atoms. The van der Waals surface area contributed by atoms with Crippen molar-refractivity contribution in [2.75, 3.05) is 25.0 Å². The highest BCUT2D eigenvalue weighted by atomic mass is 16.2. The number of nitrogens with zero attached hydrogens (tertiary/aromatic N) is 1. The third-order valence-electron chi connectivity index (χ3n) is 4.56. The largest absolute Gasteiger partial charge is 0.353 e. The van der Waals surface area contributed by atoms with E-state index in [1.807, 2.05) is 44.2 Å². The summed E-state index contributed by atoms with van der Waals surface area (Å²) in [5, 5.41) is 5.96. The number of nitrogens with two attached hydrogens (primary N) is 1. The first-order valence-electron chi connectivity index (χ1n) is 8.59. The molecule has 6 nitrogen and oxygen atoms in total. The zero-order chi connectivity index (χ0) is 17.5. The monoisotopic (exact) mass is 332 g/mol. The van der Waals surface area contributed by atoms with Crippen LogP contribution < -0.4 is 16.4 Å². The number of likely N-dealkylation sites (tertiary alicyclic amines) is 1. The molecule has 0 aliphatic carbocycles. The smallest absolute Gasteiger partial charge is 0.238 e. The molecular formula is C18H28N4O2. The SMILES string of the molecule is CC(N)C(C)C(=O)NC1CCN(CC(=O)Nc2ccccc2)CC1. The number of carbonyl (C=O) groups is 2. The highest BCUT2D eigenvalue weighted by Crippen LogP contribution is 2.12. The Balaban J connectivity index is 1.71. The van der Waals surface area contributed by atoms with Gasteiger partial charge in [-0.2, -0.15) is 0 Å². The van der Waals surface area contributed by atoms with E-state index in [1.165, 1.54) is 0 Å². The van der Waals surface area contributed by atoms with Crippen LogP contribution in [0.4, 0.5) is 5.69 Å². The minimum absolute atomic E-state index is 0.00531. The molecule has 1 heterocycles. The van der Waals surface area contributed by atoms with Crippen molar-refractivity contribution in [3.05, 3.63) is 30.3 Å². The summed E-state index contributed by atoms with van der Waals surface area (Å²) in [7, 11) is 0. The number of hydrogen-bond donors (Lipinski definition) is 3. The fourth-order valence-corrected chi connectivity index (χ4v) is 2.73. The first-order chi connectivity index (χ1) is 11.5. The van der Waals surface area contributed by atoms with E-state index >= 15 is 0 Å². The van der Waals surface area contributed by atoms with Gasteiger partial charge < -0.3 is 16.4 Å². The van der Waals surface area contributed by atoms with Gasteiger partial charge in [0, 0.05) is 36.8 Å². The Morgan fingerprint density at radius 1 is 1.21 bits per heavy atom. The number of piperidine rings is 1. The lowest BCUT2D eigenvalue weighted by Crippen LogP contribution is -2.49. The van der Waals surface area contributed by atoms with E-state index in [-0.39, 0.29) is 29.8 Å². The molecule has 0 saturated carbocycles. The standard InChI is InChI=1S/C18H28N4O2/c1-13(14(2)19)18(24)21-16-8-10-22(11-9-16)12-17(23)20-15-6-4-3-5-7-15/h3-7,13-14,16H,8-12,19H2,1-2H3,(H,20,23)(H,21,24). The summed E-state index contributed by atoms with van der Waals surface area (Å²) in [5.74, 6) is -0.167. The van der Waals surface area contributed by atoms with Gasteiger partial charge in [-0.1, -0.05) is 25.1 Å². The van der Waals surface area contributed by atoms with E-state index in [0.717, 1.165) is 31.6 Å². The molecule has 0 spiro atoms. The Morgan fingerprint density at radius 2 is 1.83 bits per heavy atom. The fourth-order valence-electron chi connectivity index (χ4n) is 2.73. The van der Waals surface area contributed by atoms with Crippen molar-refractivity contribution < 1.29 is 9.59 Å². The molecule has 1 aromatic carbocycles. The Morgan fingerprint density at radius 3 is 2.42 bits per heavy atom. The lowest BCUT2D eigenvalue weighted by atomic mass is 10.0. The molecule has 2 amide bonds. The molecular weight excluding hydrogens is 304 g/mol. The van der Waals surface area contributed by atoms with Gasteiger partial charge in [-0.05, 0) is 31.9 Å². The van der Waals surface area contributed by atoms with E-state index in [2.05, 4.69) is 15.5 Å². The third kappa shape index (κ3) is 5.62. The number of nitrogens with one attached hydrogen (secondary N) is 2. The van der Waals surface area contributed by atoms with Gasteiger partial charge in [0.05, 0.1) is 6.54 Å². The normalized spacial score (nSPS) is 18.6. The van der Waals surface area contributed by atoms with Crippen molar-refractivity contribution >= 4 is 17.5 Å². The molecule has 0 bridgehead atoms. The van der Waals surface area contributed by atoms with E-state index in [4.69, 9.17) is 5.73 Å². The molecule has 1 fully saturated rings. The summed E-state index contributed by atoms with van der Waals surface area (Å²) in [6.07, 6.45) is 1.71. The summed E-state index contributed by atoms with van der Waals surface area (Å²) in [5.41, 5.74) is 6.58. The van der Waals surface area contributed by atoms with Gasteiger partial charge in [-0.25, -0.2) is 0 Å². The fraction of sp³-hybridized carbons (Fsp3) is 0.556. The van der Waals surface area contributed by atoms with Crippen molar-refractivity contribution in [1.82, 2.24) is 10.2 Å². The van der Waals surface area contributed by atoms with E-state index in [1.54, 1.807) is 0 Å².